The Morgan fingerprint density at radius 1 is 0.786 bits per heavy atom. The summed E-state index contributed by atoms with van der Waals surface area (Å²) in [4.78, 5) is 0. The van der Waals surface area contributed by atoms with E-state index in [1.165, 1.54) is 12.8 Å². The molecule has 4 rings (SSSR count). The summed E-state index contributed by atoms with van der Waals surface area (Å²) in [5.74, 6) is 4.78. The standard InChI is InChI=1S/2C11H15.C5H12.Y.H2/c2*1-8-6-10-5-3-4-9(2)11(10)7-8;1-5(2,3)4;;/h2*3-6,8,10-11H,7H2,1-2H3;1-4H3;;1H/q2*-1;;;/i;;;;1+1. The first-order valence-corrected chi connectivity index (χ1v) is 10.9. The minimum atomic E-state index is 0. The number of hydrogen-bond acceptors (Lipinski definition) is 0. The van der Waals surface area contributed by atoms with Crippen molar-refractivity contribution in [3.05, 3.63) is 60.4 Å². The van der Waals surface area contributed by atoms with Gasteiger partial charge in [0.15, 0.2) is 0 Å². The molecule has 2 saturated carbocycles. The molecule has 1 heteroatoms. The molecule has 4 aliphatic rings. The van der Waals surface area contributed by atoms with Gasteiger partial charge in [-0.15, -0.1) is 24.0 Å². The van der Waals surface area contributed by atoms with Crippen LogP contribution in [0, 0.1) is 53.8 Å². The van der Waals surface area contributed by atoms with Crippen LogP contribution in [0.2, 0.25) is 0 Å². The fraction of sp³-hybridized carbons (Fsp3) is 0.630. The molecular formula is C27H44Y-2. The number of allylic oxidation sites excluding steroid dienone is 8. The maximum atomic E-state index is 2.48. The topological polar surface area (TPSA) is 0 Å². The van der Waals surface area contributed by atoms with E-state index >= 15 is 0 Å². The predicted molar refractivity (Wildman–Crippen MR) is 123 cm³/mol. The average molecular weight is 459 g/mol. The van der Waals surface area contributed by atoms with Gasteiger partial charge in [0.25, 0.3) is 0 Å². The first kappa shape index (κ1) is 26.1. The molecule has 0 heterocycles. The van der Waals surface area contributed by atoms with Crippen molar-refractivity contribution in [3.8, 4) is 0 Å². The van der Waals surface area contributed by atoms with Crippen LogP contribution in [0.1, 0.15) is 69.7 Å². The van der Waals surface area contributed by atoms with Crippen LogP contribution in [-0.2, 0) is 32.7 Å². The Kier molecular flexibility index (Phi) is 10.7. The van der Waals surface area contributed by atoms with Crippen LogP contribution in [0.5, 0.6) is 0 Å². The molecule has 0 N–H and O–H groups in total. The van der Waals surface area contributed by atoms with Gasteiger partial charge in [-0.05, 0) is 31.1 Å². The van der Waals surface area contributed by atoms with Gasteiger partial charge in [-0.3, -0.25) is 0 Å². The van der Waals surface area contributed by atoms with Gasteiger partial charge in [-0.1, -0.05) is 89.8 Å². The number of hydrogen-bond donors (Lipinski definition) is 0. The molecule has 0 amide bonds. The Morgan fingerprint density at radius 2 is 1.11 bits per heavy atom. The maximum absolute atomic E-state index is 2.48. The third-order valence-electron chi connectivity index (χ3n) is 5.84. The number of rotatable bonds is 0. The Morgan fingerprint density at radius 3 is 1.39 bits per heavy atom. The molecule has 6 unspecified atom stereocenters. The fourth-order valence-electron chi connectivity index (χ4n) is 4.59. The monoisotopic (exact) mass is 458 g/mol. The molecule has 28 heavy (non-hydrogen) atoms. The van der Waals surface area contributed by atoms with E-state index in [0.717, 1.165) is 35.5 Å². The SMILES string of the molecule is CC(C)(C)C.CC1=CC=CC2[CH-]C(C)CC12.CC1=CC=CC2[CH-]C(C)CC12.[2HH].[Y]. The Labute approximate surface area is 202 Å². The minimum Gasteiger partial charge on any atom is -0.318 e. The average Bonchev–Trinajstić information content (AvgIpc) is 3.09. The van der Waals surface area contributed by atoms with Crippen molar-refractivity contribution in [2.24, 2.45) is 40.9 Å². The molecule has 0 aromatic carbocycles. The summed E-state index contributed by atoms with van der Waals surface area (Å²) < 4.78 is 0. The van der Waals surface area contributed by atoms with E-state index in [2.05, 4.69) is 105 Å². The van der Waals surface area contributed by atoms with Gasteiger partial charge < -0.3 is 12.8 Å². The number of fused-ring (bicyclic) bond motifs is 2. The molecule has 0 bridgehead atoms. The second-order valence-electron chi connectivity index (χ2n) is 10.8. The molecule has 6 atom stereocenters. The largest absolute Gasteiger partial charge is 0.318 e. The fourth-order valence-corrected chi connectivity index (χ4v) is 4.59. The Hall–Kier alpha value is 0.0639. The molecule has 0 spiro atoms. The first-order valence-electron chi connectivity index (χ1n) is 10.9. The summed E-state index contributed by atoms with van der Waals surface area (Å²) in [6.45, 7) is 17.9. The zero-order valence-electron chi connectivity index (χ0n) is 19.6. The summed E-state index contributed by atoms with van der Waals surface area (Å²) in [7, 11) is 0. The van der Waals surface area contributed by atoms with Crippen molar-refractivity contribution < 1.29 is 34.1 Å². The van der Waals surface area contributed by atoms with Gasteiger partial charge in [0.05, 0.1) is 0 Å². The molecule has 0 aromatic rings. The zero-order chi connectivity index (χ0) is 20.2. The second-order valence-corrected chi connectivity index (χ2v) is 10.8. The summed E-state index contributed by atoms with van der Waals surface area (Å²) >= 11 is 0. The predicted octanol–water partition coefficient (Wildman–Crippen LogP) is 8.25. The van der Waals surface area contributed by atoms with Crippen molar-refractivity contribution in [1.29, 1.82) is 0 Å². The van der Waals surface area contributed by atoms with Crippen LogP contribution in [0.25, 0.3) is 0 Å². The molecule has 0 aliphatic heterocycles. The molecular weight excluding hydrogens is 413 g/mol. The quantitative estimate of drug-likeness (QED) is 0.321. The van der Waals surface area contributed by atoms with E-state index in [9.17, 15) is 0 Å². The Balaban J connectivity index is 0.000000420. The van der Waals surface area contributed by atoms with Crippen LogP contribution in [0.3, 0.4) is 0 Å². The van der Waals surface area contributed by atoms with Crippen molar-refractivity contribution in [2.45, 2.75) is 68.2 Å². The van der Waals surface area contributed by atoms with E-state index < -0.39 is 0 Å². The van der Waals surface area contributed by atoms with E-state index in [4.69, 9.17) is 0 Å². The summed E-state index contributed by atoms with van der Waals surface area (Å²) in [6.07, 6.45) is 21.3. The van der Waals surface area contributed by atoms with E-state index in [-0.39, 0.29) is 34.1 Å². The minimum absolute atomic E-state index is 0. The van der Waals surface area contributed by atoms with Crippen LogP contribution >= 0.6 is 0 Å². The third-order valence-corrected chi connectivity index (χ3v) is 5.84. The van der Waals surface area contributed by atoms with Crippen LogP contribution in [0.15, 0.2) is 47.6 Å². The van der Waals surface area contributed by atoms with Crippen LogP contribution in [-0.4, -0.2) is 0 Å². The normalized spacial score (nSPS) is 35.1. The second kappa shape index (κ2) is 11.5. The molecule has 0 aromatic heterocycles. The smallest absolute Gasteiger partial charge is 0 e. The van der Waals surface area contributed by atoms with E-state index in [0.29, 0.717) is 5.41 Å². The van der Waals surface area contributed by atoms with Crippen LogP contribution < -0.4 is 0 Å². The van der Waals surface area contributed by atoms with Crippen molar-refractivity contribution in [3.63, 3.8) is 0 Å². The van der Waals surface area contributed by atoms with Gasteiger partial charge in [-0.25, -0.2) is 0 Å². The van der Waals surface area contributed by atoms with Gasteiger partial charge in [0.1, 0.15) is 0 Å². The zero-order valence-corrected chi connectivity index (χ0v) is 22.4. The third kappa shape index (κ3) is 8.43. The summed E-state index contributed by atoms with van der Waals surface area (Å²) in [5, 5.41) is 0. The molecule has 0 saturated heterocycles. The van der Waals surface area contributed by atoms with Gasteiger partial charge in [0.2, 0.25) is 0 Å². The molecule has 4 aliphatic carbocycles. The van der Waals surface area contributed by atoms with Crippen molar-refractivity contribution >= 4 is 0 Å². The summed E-state index contributed by atoms with van der Waals surface area (Å²) in [5.41, 5.74) is 3.64. The van der Waals surface area contributed by atoms with E-state index in [1.807, 2.05) is 0 Å². The summed E-state index contributed by atoms with van der Waals surface area (Å²) in [6, 6.07) is 0. The Bertz CT molecular complexity index is 551. The molecule has 157 valence electrons. The molecule has 0 nitrogen and oxygen atoms in total. The van der Waals surface area contributed by atoms with Crippen molar-refractivity contribution in [1.82, 2.24) is 0 Å². The first-order chi connectivity index (χ1) is 12.5. The van der Waals surface area contributed by atoms with Gasteiger partial charge in [0, 0.05) is 34.1 Å². The molecule has 2 fully saturated rings. The van der Waals surface area contributed by atoms with Gasteiger partial charge >= 0.3 is 0 Å². The van der Waals surface area contributed by atoms with Gasteiger partial charge in [-0.2, -0.15) is 11.8 Å². The van der Waals surface area contributed by atoms with Crippen LogP contribution in [0.4, 0.5) is 0 Å². The van der Waals surface area contributed by atoms with E-state index in [1.54, 1.807) is 11.1 Å². The van der Waals surface area contributed by atoms with Crippen molar-refractivity contribution in [2.75, 3.05) is 0 Å². The maximum Gasteiger partial charge on any atom is 0 e. The molecule has 1 radical (unpaired) electrons.